The quantitative estimate of drug-likeness (QED) is 0.238. The van der Waals surface area contributed by atoms with Crippen LogP contribution in [0.25, 0.3) is 0 Å². The van der Waals surface area contributed by atoms with E-state index in [0.717, 1.165) is 12.8 Å². The van der Waals surface area contributed by atoms with Crippen molar-refractivity contribution in [2.45, 2.75) is 115 Å². The van der Waals surface area contributed by atoms with Crippen molar-refractivity contribution in [1.29, 1.82) is 0 Å². The van der Waals surface area contributed by atoms with Gasteiger partial charge in [-0.05, 0) is 25.7 Å². The number of ether oxygens (including phenoxy) is 2. The van der Waals surface area contributed by atoms with Crippen molar-refractivity contribution in [2.24, 2.45) is 0 Å². The van der Waals surface area contributed by atoms with Crippen molar-refractivity contribution >= 4 is 0 Å². The summed E-state index contributed by atoms with van der Waals surface area (Å²) >= 11 is 0. The van der Waals surface area contributed by atoms with Gasteiger partial charge in [0.2, 0.25) is 0 Å². The summed E-state index contributed by atoms with van der Waals surface area (Å²) in [5.41, 5.74) is 0. The zero-order chi connectivity index (χ0) is 20.5. The van der Waals surface area contributed by atoms with E-state index in [4.69, 9.17) is 9.47 Å². The monoisotopic (exact) mass is 400 g/mol. The van der Waals surface area contributed by atoms with Crippen LogP contribution < -0.4 is 0 Å². The minimum Gasteiger partial charge on any atom is -0.394 e. The molecule has 0 spiro atoms. The molecule has 0 bridgehead atoms. The van der Waals surface area contributed by atoms with Gasteiger partial charge in [-0.1, -0.05) is 76.9 Å². The van der Waals surface area contributed by atoms with Gasteiger partial charge in [0.25, 0.3) is 0 Å². The summed E-state index contributed by atoms with van der Waals surface area (Å²) in [4.78, 5) is 0. The highest BCUT2D eigenvalue weighted by Gasteiger charge is 2.40. The third-order valence-corrected chi connectivity index (χ3v) is 5.46. The number of allylic oxidation sites excluding steroid dienone is 2. The Labute approximate surface area is 172 Å². The van der Waals surface area contributed by atoms with Gasteiger partial charge in [0.1, 0.15) is 24.4 Å². The first-order chi connectivity index (χ1) is 13.7. The molecule has 3 N–H and O–H groups in total. The molecule has 0 amide bonds. The average molecular weight is 401 g/mol. The molecule has 0 aromatic rings. The highest BCUT2D eigenvalue weighted by Crippen LogP contribution is 2.20. The van der Waals surface area contributed by atoms with Crippen molar-refractivity contribution in [2.75, 3.05) is 19.8 Å². The van der Waals surface area contributed by atoms with Gasteiger partial charge in [-0.25, -0.2) is 0 Å². The van der Waals surface area contributed by atoms with Crippen molar-refractivity contribution in [3.63, 3.8) is 0 Å². The molecule has 5 nitrogen and oxygen atoms in total. The second kappa shape index (κ2) is 17.4. The van der Waals surface area contributed by atoms with Gasteiger partial charge < -0.3 is 24.8 Å². The Morgan fingerprint density at radius 1 is 0.893 bits per heavy atom. The van der Waals surface area contributed by atoms with Crippen LogP contribution in [0.15, 0.2) is 12.2 Å². The fourth-order valence-electron chi connectivity index (χ4n) is 3.62. The van der Waals surface area contributed by atoms with E-state index in [1.54, 1.807) is 0 Å². The predicted molar refractivity (Wildman–Crippen MR) is 113 cm³/mol. The Kier molecular flexibility index (Phi) is 15.9. The lowest BCUT2D eigenvalue weighted by molar-refractivity contribution is -0.101. The van der Waals surface area contributed by atoms with Crippen molar-refractivity contribution in [3.8, 4) is 0 Å². The lowest BCUT2D eigenvalue weighted by atomic mass is 10.1. The standard InChI is InChI=1S/C23H44O5/c1-2-3-4-5-6-7-8-9-10-11-12-13-14-15-16-17-27-21(18-24)23-22(26)20(25)19-28-23/h4-5,20-26H,2-3,6-19H2,1H3/b5-4+/t20-,21+,22+,23+/m0/s1. The van der Waals surface area contributed by atoms with Crippen LogP contribution in [-0.4, -0.2) is 59.6 Å². The van der Waals surface area contributed by atoms with Gasteiger partial charge in [-0.3, -0.25) is 0 Å². The fraction of sp³-hybridized carbons (Fsp3) is 0.913. The molecule has 0 aliphatic carbocycles. The van der Waals surface area contributed by atoms with E-state index < -0.39 is 24.4 Å². The molecule has 1 saturated heterocycles. The highest BCUT2D eigenvalue weighted by atomic mass is 16.6. The van der Waals surface area contributed by atoms with E-state index in [9.17, 15) is 15.3 Å². The van der Waals surface area contributed by atoms with Crippen molar-refractivity contribution in [1.82, 2.24) is 0 Å². The van der Waals surface area contributed by atoms with Crippen LogP contribution in [0.1, 0.15) is 90.4 Å². The first-order valence-corrected chi connectivity index (χ1v) is 11.6. The van der Waals surface area contributed by atoms with Crippen LogP contribution in [0.4, 0.5) is 0 Å². The number of hydrogen-bond acceptors (Lipinski definition) is 5. The molecule has 0 radical (unpaired) electrons. The molecular formula is C23H44O5. The minimum atomic E-state index is -0.977. The number of aliphatic hydroxyl groups excluding tert-OH is 3. The average Bonchev–Trinajstić information content (AvgIpc) is 3.03. The SMILES string of the molecule is CCC/C=C/CCCCCCCCCCCCO[C@H](CO)[C@H]1OC[C@H](O)[C@H]1O. The van der Waals surface area contributed by atoms with Crippen LogP contribution in [-0.2, 0) is 9.47 Å². The summed E-state index contributed by atoms with van der Waals surface area (Å²) in [5, 5.41) is 28.8. The molecule has 166 valence electrons. The van der Waals surface area contributed by atoms with Crippen molar-refractivity contribution in [3.05, 3.63) is 12.2 Å². The molecule has 1 fully saturated rings. The van der Waals surface area contributed by atoms with Gasteiger partial charge in [-0.2, -0.15) is 0 Å². The Morgan fingerprint density at radius 3 is 2.00 bits per heavy atom. The van der Waals surface area contributed by atoms with Gasteiger partial charge >= 0.3 is 0 Å². The fourth-order valence-corrected chi connectivity index (χ4v) is 3.62. The topological polar surface area (TPSA) is 79.2 Å². The molecule has 1 aliphatic heterocycles. The Morgan fingerprint density at radius 2 is 1.46 bits per heavy atom. The molecule has 1 heterocycles. The largest absolute Gasteiger partial charge is 0.394 e. The molecule has 0 unspecified atom stereocenters. The normalized spacial score (nSPS) is 23.6. The zero-order valence-corrected chi connectivity index (χ0v) is 17.9. The van der Waals surface area contributed by atoms with Crippen LogP contribution in [0.5, 0.6) is 0 Å². The Bertz CT molecular complexity index is 374. The second-order valence-electron chi connectivity index (χ2n) is 8.03. The highest BCUT2D eigenvalue weighted by molar-refractivity contribution is 4.88. The molecule has 5 heteroatoms. The molecule has 0 aromatic carbocycles. The molecule has 1 rings (SSSR count). The molecule has 0 aromatic heterocycles. The van der Waals surface area contributed by atoms with Gasteiger partial charge in [0, 0.05) is 6.61 Å². The first-order valence-electron chi connectivity index (χ1n) is 11.6. The van der Waals surface area contributed by atoms with Crippen molar-refractivity contribution < 1.29 is 24.8 Å². The minimum absolute atomic E-state index is 0.0989. The summed E-state index contributed by atoms with van der Waals surface area (Å²) in [6.45, 7) is 2.67. The maximum atomic E-state index is 9.82. The van der Waals surface area contributed by atoms with E-state index in [2.05, 4.69) is 19.1 Å². The van der Waals surface area contributed by atoms with Gasteiger partial charge in [0.15, 0.2) is 0 Å². The van der Waals surface area contributed by atoms with Crippen LogP contribution in [0.3, 0.4) is 0 Å². The Hall–Kier alpha value is -0.460. The molecule has 1 aliphatic rings. The maximum absolute atomic E-state index is 9.82. The molecule has 4 atom stereocenters. The maximum Gasteiger partial charge on any atom is 0.114 e. The van der Waals surface area contributed by atoms with Gasteiger partial charge in [0.05, 0.1) is 13.2 Å². The van der Waals surface area contributed by atoms with E-state index in [0.29, 0.717) is 6.61 Å². The van der Waals surface area contributed by atoms with Gasteiger partial charge in [-0.15, -0.1) is 0 Å². The van der Waals surface area contributed by atoms with E-state index >= 15 is 0 Å². The molecule has 28 heavy (non-hydrogen) atoms. The predicted octanol–water partition coefficient (Wildman–Crippen LogP) is 4.13. The summed E-state index contributed by atoms with van der Waals surface area (Å²) in [6, 6.07) is 0. The lowest BCUT2D eigenvalue weighted by Gasteiger charge is -2.24. The Balaban J connectivity index is 1.85. The van der Waals surface area contributed by atoms with Crippen LogP contribution in [0.2, 0.25) is 0 Å². The third kappa shape index (κ3) is 11.5. The summed E-state index contributed by atoms with van der Waals surface area (Å²) < 4.78 is 11.0. The summed E-state index contributed by atoms with van der Waals surface area (Å²) in [6.07, 6.45) is 17.9. The molecular weight excluding hydrogens is 356 g/mol. The lowest BCUT2D eigenvalue weighted by Crippen LogP contribution is -2.42. The smallest absolute Gasteiger partial charge is 0.114 e. The summed E-state index contributed by atoms with van der Waals surface area (Å²) in [7, 11) is 0. The zero-order valence-electron chi connectivity index (χ0n) is 17.9. The number of hydrogen-bond donors (Lipinski definition) is 3. The third-order valence-electron chi connectivity index (χ3n) is 5.46. The van der Waals surface area contributed by atoms with Crippen LogP contribution in [0, 0.1) is 0 Å². The summed E-state index contributed by atoms with van der Waals surface area (Å²) in [5.74, 6) is 0. The van der Waals surface area contributed by atoms with E-state index in [-0.39, 0.29) is 13.2 Å². The van der Waals surface area contributed by atoms with E-state index in [1.165, 1.54) is 70.6 Å². The number of aliphatic hydroxyl groups is 3. The second-order valence-corrected chi connectivity index (χ2v) is 8.03. The first kappa shape index (κ1) is 25.6. The van der Waals surface area contributed by atoms with Crippen LogP contribution >= 0.6 is 0 Å². The number of rotatable bonds is 18. The van der Waals surface area contributed by atoms with E-state index in [1.807, 2.05) is 0 Å². The number of unbranched alkanes of at least 4 members (excludes halogenated alkanes) is 11. The molecule has 0 saturated carbocycles.